The lowest BCUT2D eigenvalue weighted by Gasteiger charge is -2.08. The zero-order valence-corrected chi connectivity index (χ0v) is 16.3. The number of halogens is 2. The fraction of sp³-hybridized carbons (Fsp3) is 0.0476. The van der Waals surface area contributed by atoms with Crippen molar-refractivity contribution in [2.45, 2.75) is 16.3 Å². The van der Waals surface area contributed by atoms with Crippen LogP contribution in [0.3, 0.4) is 0 Å². The van der Waals surface area contributed by atoms with Crippen LogP contribution in [0.15, 0.2) is 83.0 Å². The van der Waals surface area contributed by atoms with Gasteiger partial charge in [0.05, 0.1) is 15.4 Å². The van der Waals surface area contributed by atoms with Crippen molar-refractivity contribution >= 4 is 21.4 Å². The number of fused-ring (bicyclic) bond motifs is 1. The maximum atomic E-state index is 13.4. The van der Waals surface area contributed by atoms with Crippen LogP contribution in [0.2, 0.25) is 0 Å². The summed E-state index contributed by atoms with van der Waals surface area (Å²) in [5.74, 6) is -2.22. The first kappa shape index (κ1) is 19.7. The molecule has 0 unspecified atom stereocenters. The maximum absolute atomic E-state index is 13.4. The topological polar surface area (TPSA) is 83.1 Å². The van der Waals surface area contributed by atoms with Gasteiger partial charge in [-0.25, -0.2) is 26.6 Å². The Bertz CT molecular complexity index is 1330. The summed E-state index contributed by atoms with van der Waals surface area (Å²) in [7, 11) is -4.06. The molecular formula is C21H16F2N3O3S+. The molecule has 0 spiro atoms. The zero-order chi connectivity index (χ0) is 21.3. The molecular weight excluding hydrogens is 412 g/mol. The SMILES string of the molecule is O=C(NCc1ccc(S(=O)(=O)c2cc(F)cc(F)c2)cc1)c1ccc2[nH]cc[n+]2c1. The highest BCUT2D eigenvalue weighted by atomic mass is 32.2. The van der Waals surface area contributed by atoms with Gasteiger partial charge in [-0.2, -0.15) is 0 Å². The molecule has 0 atom stereocenters. The molecule has 0 saturated carbocycles. The first-order valence-corrected chi connectivity index (χ1v) is 10.4. The van der Waals surface area contributed by atoms with Crippen molar-refractivity contribution in [3.05, 3.63) is 95.9 Å². The number of rotatable bonds is 5. The minimum atomic E-state index is -4.06. The molecule has 0 aliphatic carbocycles. The number of aromatic nitrogens is 2. The van der Waals surface area contributed by atoms with E-state index in [9.17, 15) is 22.0 Å². The van der Waals surface area contributed by atoms with Crippen LogP contribution in [-0.2, 0) is 16.4 Å². The van der Waals surface area contributed by atoms with E-state index in [1.165, 1.54) is 24.3 Å². The molecule has 4 rings (SSSR count). The molecule has 0 aliphatic rings. The minimum absolute atomic E-state index is 0.100. The first-order valence-electron chi connectivity index (χ1n) is 8.90. The Morgan fingerprint density at radius 2 is 1.67 bits per heavy atom. The number of aromatic amines is 1. The fourth-order valence-corrected chi connectivity index (χ4v) is 4.29. The van der Waals surface area contributed by atoms with Crippen molar-refractivity contribution in [3.8, 4) is 0 Å². The van der Waals surface area contributed by atoms with E-state index in [2.05, 4.69) is 10.3 Å². The van der Waals surface area contributed by atoms with Crippen molar-refractivity contribution in [2.24, 2.45) is 0 Å². The van der Waals surface area contributed by atoms with Crippen LogP contribution in [-0.4, -0.2) is 19.3 Å². The van der Waals surface area contributed by atoms with Gasteiger partial charge < -0.3 is 5.32 Å². The number of nitrogens with zero attached hydrogens (tertiary/aromatic N) is 1. The molecule has 2 aromatic carbocycles. The summed E-state index contributed by atoms with van der Waals surface area (Å²) in [5.41, 5.74) is 1.99. The molecule has 0 aliphatic heterocycles. The third-order valence-electron chi connectivity index (χ3n) is 4.54. The maximum Gasteiger partial charge on any atom is 0.283 e. The molecule has 4 aromatic rings. The van der Waals surface area contributed by atoms with Gasteiger partial charge in [-0.15, -0.1) is 0 Å². The van der Waals surface area contributed by atoms with E-state index >= 15 is 0 Å². The summed E-state index contributed by atoms with van der Waals surface area (Å²) in [4.78, 5) is 14.8. The number of carbonyl (C=O) groups excluding carboxylic acids is 1. The van der Waals surface area contributed by atoms with E-state index in [1.807, 2.05) is 0 Å². The summed E-state index contributed by atoms with van der Waals surface area (Å²) in [6.07, 6.45) is 5.23. The standard InChI is InChI=1S/C21H15F2N3O3S/c22-16-9-17(23)11-19(10-16)30(28,29)18-4-1-14(2-5-18)12-25-21(27)15-3-6-20-24-7-8-26(20)13-15/h1-11,13H,12H2,(H,25,27)/p+1. The van der Waals surface area contributed by atoms with Gasteiger partial charge in [-0.05, 0) is 35.9 Å². The molecule has 0 saturated heterocycles. The van der Waals surface area contributed by atoms with Crippen molar-refractivity contribution in [1.29, 1.82) is 0 Å². The lowest BCUT2D eigenvalue weighted by atomic mass is 10.2. The second-order valence-corrected chi connectivity index (χ2v) is 8.56. The van der Waals surface area contributed by atoms with E-state index < -0.39 is 26.4 Å². The number of pyridine rings is 1. The van der Waals surface area contributed by atoms with Gasteiger partial charge in [-0.1, -0.05) is 12.1 Å². The number of H-pyrrole nitrogens is 1. The van der Waals surface area contributed by atoms with E-state index in [4.69, 9.17) is 0 Å². The molecule has 1 amide bonds. The van der Waals surface area contributed by atoms with Crippen LogP contribution in [0.25, 0.3) is 5.65 Å². The van der Waals surface area contributed by atoms with Crippen molar-refractivity contribution < 1.29 is 26.4 Å². The van der Waals surface area contributed by atoms with Gasteiger partial charge >= 0.3 is 0 Å². The summed E-state index contributed by atoms with van der Waals surface area (Å²) < 4.78 is 53.7. The number of hydrogen-bond donors (Lipinski definition) is 2. The van der Waals surface area contributed by atoms with Crippen LogP contribution >= 0.6 is 0 Å². The third-order valence-corrected chi connectivity index (χ3v) is 6.29. The highest BCUT2D eigenvalue weighted by Gasteiger charge is 2.19. The molecule has 152 valence electrons. The quantitative estimate of drug-likeness (QED) is 0.480. The first-order chi connectivity index (χ1) is 14.3. The van der Waals surface area contributed by atoms with E-state index in [0.29, 0.717) is 17.2 Å². The van der Waals surface area contributed by atoms with Crippen LogP contribution in [0.4, 0.5) is 8.78 Å². The highest BCUT2D eigenvalue weighted by Crippen LogP contribution is 2.23. The summed E-state index contributed by atoms with van der Waals surface area (Å²) in [5, 5.41) is 2.77. The predicted molar refractivity (Wildman–Crippen MR) is 103 cm³/mol. The molecule has 6 nitrogen and oxygen atoms in total. The Hall–Kier alpha value is -3.59. The monoisotopic (exact) mass is 428 g/mol. The van der Waals surface area contributed by atoms with Gasteiger partial charge in [0.15, 0.2) is 0 Å². The van der Waals surface area contributed by atoms with Gasteiger partial charge in [0, 0.05) is 18.7 Å². The Balaban J connectivity index is 1.47. The summed E-state index contributed by atoms with van der Waals surface area (Å²) >= 11 is 0. The number of imidazole rings is 1. The molecule has 0 bridgehead atoms. The molecule has 0 fully saturated rings. The molecule has 2 N–H and O–H groups in total. The van der Waals surface area contributed by atoms with Crippen LogP contribution < -0.4 is 9.72 Å². The molecule has 9 heteroatoms. The largest absolute Gasteiger partial charge is 0.348 e. The van der Waals surface area contributed by atoms with Crippen molar-refractivity contribution in [1.82, 2.24) is 10.3 Å². The highest BCUT2D eigenvalue weighted by molar-refractivity contribution is 7.91. The number of hydrogen-bond acceptors (Lipinski definition) is 3. The average molecular weight is 428 g/mol. The minimum Gasteiger partial charge on any atom is -0.348 e. The van der Waals surface area contributed by atoms with E-state index in [1.54, 1.807) is 35.1 Å². The third kappa shape index (κ3) is 3.92. The number of benzene rings is 2. The fourth-order valence-electron chi connectivity index (χ4n) is 2.99. The number of amides is 1. The Morgan fingerprint density at radius 3 is 2.37 bits per heavy atom. The predicted octanol–water partition coefficient (Wildman–Crippen LogP) is 2.79. The lowest BCUT2D eigenvalue weighted by molar-refractivity contribution is -0.510. The van der Waals surface area contributed by atoms with Gasteiger partial charge in [0.1, 0.15) is 30.2 Å². The Morgan fingerprint density at radius 1 is 0.967 bits per heavy atom. The normalized spacial score (nSPS) is 11.5. The number of sulfone groups is 1. The van der Waals surface area contributed by atoms with Crippen LogP contribution in [0, 0.1) is 11.6 Å². The summed E-state index contributed by atoms with van der Waals surface area (Å²) in [6.45, 7) is 0.184. The second kappa shape index (κ2) is 7.68. The van der Waals surface area contributed by atoms with Gasteiger partial charge in [0.25, 0.3) is 11.6 Å². The van der Waals surface area contributed by atoms with Gasteiger partial charge in [0.2, 0.25) is 9.84 Å². The van der Waals surface area contributed by atoms with Crippen molar-refractivity contribution in [3.63, 3.8) is 0 Å². The van der Waals surface area contributed by atoms with E-state index in [-0.39, 0.29) is 17.3 Å². The Kier molecular flexibility index (Phi) is 5.04. The van der Waals surface area contributed by atoms with Crippen LogP contribution in [0.1, 0.15) is 15.9 Å². The second-order valence-electron chi connectivity index (χ2n) is 6.61. The summed E-state index contributed by atoms with van der Waals surface area (Å²) in [6, 6.07) is 11.4. The zero-order valence-electron chi connectivity index (χ0n) is 15.5. The molecule has 2 heterocycles. The average Bonchev–Trinajstić information content (AvgIpc) is 3.19. The van der Waals surface area contributed by atoms with Gasteiger partial charge in [-0.3, -0.25) is 4.79 Å². The number of carbonyl (C=O) groups is 1. The smallest absolute Gasteiger partial charge is 0.283 e. The van der Waals surface area contributed by atoms with E-state index in [0.717, 1.165) is 17.8 Å². The molecule has 30 heavy (non-hydrogen) atoms. The number of nitrogens with one attached hydrogen (secondary N) is 2. The lowest BCUT2D eigenvalue weighted by Crippen LogP contribution is -2.27. The Labute approximate surface area is 170 Å². The van der Waals surface area contributed by atoms with Crippen molar-refractivity contribution in [2.75, 3.05) is 0 Å². The van der Waals surface area contributed by atoms with Crippen LogP contribution in [0.5, 0.6) is 0 Å². The molecule has 0 radical (unpaired) electrons. The molecule has 2 aromatic heterocycles.